The van der Waals surface area contributed by atoms with Gasteiger partial charge >= 0.3 is 12.0 Å². The van der Waals surface area contributed by atoms with Crippen LogP contribution < -0.4 is 10.6 Å². The molecule has 8 nitrogen and oxygen atoms in total. The van der Waals surface area contributed by atoms with E-state index in [2.05, 4.69) is 10.6 Å². The van der Waals surface area contributed by atoms with Crippen LogP contribution in [-0.2, 0) is 20.9 Å². The van der Waals surface area contributed by atoms with Crippen LogP contribution in [0.25, 0.3) is 11.0 Å². The maximum absolute atomic E-state index is 12.5. The summed E-state index contributed by atoms with van der Waals surface area (Å²) in [5.41, 5.74) is 1.08. The molecule has 0 spiro atoms. The Labute approximate surface area is 150 Å². The zero-order valence-corrected chi connectivity index (χ0v) is 15.0. The number of furan rings is 1. The number of benzene rings is 1. The predicted molar refractivity (Wildman–Crippen MR) is 93.6 cm³/mol. The van der Waals surface area contributed by atoms with Gasteiger partial charge in [-0.2, -0.15) is 0 Å². The van der Waals surface area contributed by atoms with E-state index in [1.54, 1.807) is 19.1 Å². The molecular formula is C18H22N2O6. The van der Waals surface area contributed by atoms with Crippen molar-refractivity contribution in [3.8, 4) is 0 Å². The van der Waals surface area contributed by atoms with Crippen LogP contribution in [0.4, 0.5) is 4.79 Å². The third-order valence-corrected chi connectivity index (χ3v) is 3.56. The molecule has 0 saturated heterocycles. The second-order valence-electron chi connectivity index (χ2n) is 5.44. The van der Waals surface area contributed by atoms with Crippen molar-refractivity contribution in [1.29, 1.82) is 0 Å². The largest absolute Gasteiger partial charge is 0.449 e. The first-order chi connectivity index (χ1) is 12.5. The number of hydrogen-bond acceptors (Lipinski definition) is 6. The number of esters is 1. The summed E-state index contributed by atoms with van der Waals surface area (Å²) >= 11 is 0. The molecule has 0 saturated carbocycles. The molecule has 1 aromatic carbocycles. The van der Waals surface area contributed by atoms with Gasteiger partial charge in [0.15, 0.2) is 6.10 Å². The summed E-state index contributed by atoms with van der Waals surface area (Å²) in [7, 11) is 0. The Balaban J connectivity index is 2.15. The number of urea groups is 1. The van der Waals surface area contributed by atoms with E-state index in [9.17, 15) is 14.4 Å². The van der Waals surface area contributed by atoms with Gasteiger partial charge in [0.25, 0.3) is 5.91 Å². The quantitative estimate of drug-likeness (QED) is 0.732. The third-order valence-electron chi connectivity index (χ3n) is 3.56. The van der Waals surface area contributed by atoms with Crippen molar-refractivity contribution in [3.63, 3.8) is 0 Å². The summed E-state index contributed by atoms with van der Waals surface area (Å²) in [4.78, 5) is 35.8. The lowest BCUT2D eigenvalue weighted by Gasteiger charge is -2.12. The van der Waals surface area contributed by atoms with E-state index < -0.39 is 24.0 Å². The molecule has 2 aromatic rings. The number of para-hydroxylation sites is 1. The molecule has 8 heteroatoms. The second kappa shape index (κ2) is 9.00. The SMILES string of the molecule is CCNC(=O)NC(=O)[C@H](C)OC(=O)c1oc2ccccc2c1COCC. The van der Waals surface area contributed by atoms with Crippen molar-refractivity contribution in [3.05, 3.63) is 35.6 Å². The standard InChI is InChI=1S/C18H22N2O6/c1-4-19-18(23)20-16(21)11(3)25-17(22)15-13(10-24-5-2)12-8-6-7-9-14(12)26-15/h6-9,11H,4-5,10H2,1-3H3,(H2,19,20,21,23)/t11-/m0/s1. The van der Waals surface area contributed by atoms with Crippen LogP contribution in [0, 0.1) is 0 Å². The Hall–Kier alpha value is -2.87. The Kier molecular flexibility index (Phi) is 6.74. The molecule has 0 fully saturated rings. The van der Waals surface area contributed by atoms with E-state index in [0.717, 1.165) is 5.39 Å². The fraction of sp³-hybridized carbons (Fsp3) is 0.389. The summed E-state index contributed by atoms with van der Waals surface area (Å²) in [5, 5.41) is 5.25. The summed E-state index contributed by atoms with van der Waals surface area (Å²) in [5.74, 6) is -1.54. The molecule has 1 aromatic heterocycles. The molecule has 3 amide bonds. The van der Waals surface area contributed by atoms with Gasteiger partial charge in [-0.3, -0.25) is 10.1 Å². The van der Waals surface area contributed by atoms with Gasteiger partial charge < -0.3 is 19.2 Å². The molecule has 0 aliphatic carbocycles. The van der Waals surface area contributed by atoms with Crippen LogP contribution in [0.2, 0.25) is 0 Å². The molecule has 1 atom stereocenters. The Morgan fingerprint density at radius 1 is 1.19 bits per heavy atom. The number of hydrogen-bond donors (Lipinski definition) is 2. The van der Waals surface area contributed by atoms with Gasteiger partial charge in [-0.1, -0.05) is 18.2 Å². The van der Waals surface area contributed by atoms with Gasteiger partial charge in [-0.15, -0.1) is 0 Å². The topological polar surface area (TPSA) is 107 Å². The average Bonchev–Trinajstić information content (AvgIpc) is 2.98. The van der Waals surface area contributed by atoms with E-state index in [1.807, 2.05) is 19.1 Å². The van der Waals surface area contributed by atoms with Crippen molar-refractivity contribution >= 4 is 28.9 Å². The number of imide groups is 1. The normalized spacial score (nSPS) is 11.8. The third kappa shape index (κ3) is 4.60. The molecule has 2 rings (SSSR count). The highest BCUT2D eigenvalue weighted by Gasteiger charge is 2.26. The Bertz CT molecular complexity index is 798. The monoisotopic (exact) mass is 362 g/mol. The lowest BCUT2D eigenvalue weighted by Crippen LogP contribution is -2.44. The number of carbonyl (C=O) groups is 3. The number of ether oxygens (including phenoxy) is 2. The number of carbonyl (C=O) groups excluding carboxylic acids is 3. The molecule has 0 bridgehead atoms. The molecular weight excluding hydrogens is 340 g/mol. The molecule has 0 radical (unpaired) electrons. The van der Waals surface area contributed by atoms with Gasteiger partial charge in [0.05, 0.1) is 6.61 Å². The minimum absolute atomic E-state index is 0.0164. The maximum atomic E-state index is 12.5. The fourth-order valence-corrected chi connectivity index (χ4v) is 2.30. The van der Waals surface area contributed by atoms with Crippen LogP contribution in [0.15, 0.2) is 28.7 Å². The van der Waals surface area contributed by atoms with E-state index in [-0.39, 0.29) is 12.4 Å². The first-order valence-corrected chi connectivity index (χ1v) is 8.35. The molecule has 140 valence electrons. The highest BCUT2D eigenvalue weighted by Crippen LogP contribution is 2.27. The van der Waals surface area contributed by atoms with Gasteiger partial charge in [0.1, 0.15) is 5.58 Å². The lowest BCUT2D eigenvalue weighted by molar-refractivity contribution is -0.128. The molecule has 26 heavy (non-hydrogen) atoms. The first-order valence-electron chi connectivity index (χ1n) is 8.35. The summed E-state index contributed by atoms with van der Waals surface area (Å²) < 4.78 is 16.1. The van der Waals surface area contributed by atoms with Crippen molar-refractivity contribution in [2.24, 2.45) is 0 Å². The molecule has 0 aliphatic heterocycles. The highest BCUT2D eigenvalue weighted by atomic mass is 16.6. The van der Waals surface area contributed by atoms with Crippen LogP contribution in [0.5, 0.6) is 0 Å². The van der Waals surface area contributed by atoms with Crippen LogP contribution >= 0.6 is 0 Å². The number of rotatable bonds is 7. The molecule has 0 aliphatic rings. The summed E-state index contributed by atoms with van der Waals surface area (Å²) in [6, 6.07) is 6.50. The van der Waals surface area contributed by atoms with Crippen molar-refractivity contribution in [2.45, 2.75) is 33.5 Å². The van der Waals surface area contributed by atoms with Gasteiger partial charge in [0, 0.05) is 24.1 Å². The smallest absolute Gasteiger partial charge is 0.375 e. The minimum atomic E-state index is -1.17. The lowest BCUT2D eigenvalue weighted by atomic mass is 10.1. The fourth-order valence-electron chi connectivity index (χ4n) is 2.30. The Morgan fingerprint density at radius 2 is 1.92 bits per heavy atom. The Morgan fingerprint density at radius 3 is 2.62 bits per heavy atom. The highest BCUT2D eigenvalue weighted by molar-refractivity contribution is 6.00. The zero-order valence-electron chi connectivity index (χ0n) is 15.0. The van der Waals surface area contributed by atoms with E-state index in [1.165, 1.54) is 6.92 Å². The summed E-state index contributed by atoms with van der Waals surface area (Å²) in [6.07, 6.45) is -1.17. The van der Waals surface area contributed by atoms with Crippen LogP contribution in [0.3, 0.4) is 0 Å². The van der Waals surface area contributed by atoms with Crippen molar-refractivity contribution in [2.75, 3.05) is 13.2 Å². The molecule has 0 unspecified atom stereocenters. The number of fused-ring (bicyclic) bond motifs is 1. The van der Waals surface area contributed by atoms with E-state index in [4.69, 9.17) is 13.9 Å². The van der Waals surface area contributed by atoms with Gasteiger partial charge in [-0.25, -0.2) is 9.59 Å². The molecule has 2 N–H and O–H groups in total. The van der Waals surface area contributed by atoms with Gasteiger partial charge in [-0.05, 0) is 26.8 Å². The average molecular weight is 362 g/mol. The first kappa shape index (κ1) is 19.5. The van der Waals surface area contributed by atoms with Gasteiger partial charge in [0.2, 0.25) is 5.76 Å². The maximum Gasteiger partial charge on any atom is 0.375 e. The minimum Gasteiger partial charge on any atom is -0.449 e. The van der Waals surface area contributed by atoms with E-state index in [0.29, 0.717) is 24.3 Å². The van der Waals surface area contributed by atoms with Crippen molar-refractivity contribution in [1.82, 2.24) is 10.6 Å². The van der Waals surface area contributed by atoms with E-state index >= 15 is 0 Å². The van der Waals surface area contributed by atoms with Crippen molar-refractivity contribution < 1.29 is 28.3 Å². The molecule has 1 heterocycles. The second-order valence-corrected chi connectivity index (χ2v) is 5.44. The van der Waals surface area contributed by atoms with Crippen LogP contribution in [0.1, 0.15) is 36.9 Å². The zero-order chi connectivity index (χ0) is 19.1. The van der Waals surface area contributed by atoms with Crippen LogP contribution in [-0.4, -0.2) is 37.2 Å². The number of nitrogens with one attached hydrogen (secondary N) is 2. The summed E-state index contributed by atoms with van der Waals surface area (Å²) in [6.45, 7) is 5.95. The predicted octanol–water partition coefficient (Wildman–Crippen LogP) is 2.36. The number of amides is 3.